The molecule has 1 fully saturated rings. The van der Waals surface area contributed by atoms with E-state index in [-0.39, 0.29) is 24.2 Å². The number of amides is 2. The fraction of sp³-hybridized carbons (Fsp3) is 0.263. The van der Waals surface area contributed by atoms with E-state index >= 15 is 0 Å². The third kappa shape index (κ3) is 3.36. The van der Waals surface area contributed by atoms with Gasteiger partial charge in [-0.15, -0.1) is 0 Å². The summed E-state index contributed by atoms with van der Waals surface area (Å²) in [5.74, 6) is -0.448. The predicted octanol–water partition coefficient (Wildman–Crippen LogP) is 4.06. The van der Waals surface area contributed by atoms with Gasteiger partial charge in [0.2, 0.25) is 11.8 Å². The lowest BCUT2D eigenvalue weighted by atomic mass is 10.1. The molecule has 1 unspecified atom stereocenters. The number of halogens is 1. The first-order valence-electron chi connectivity index (χ1n) is 7.88. The van der Waals surface area contributed by atoms with Gasteiger partial charge in [-0.3, -0.25) is 9.59 Å². The van der Waals surface area contributed by atoms with Gasteiger partial charge in [0.1, 0.15) is 0 Å². The number of anilines is 2. The highest BCUT2D eigenvalue weighted by molar-refractivity contribution is 9.10. The molecule has 0 aliphatic carbocycles. The molecule has 3 rings (SSSR count). The first kappa shape index (κ1) is 16.7. The molecule has 2 aromatic rings. The van der Waals surface area contributed by atoms with Crippen LogP contribution in [0.1, 0.15) is 17.5 Å². The number of rotatable bonds is 3. The smallest absolute Gasteiger partial charge is 0.229 e. The Morgan fingerprint density at radius 1 is 1.17 bits per heavy atom. The van der Waals surface area contributed by atoms with Crippen molar-refractivity contribution in [1.29, 1.82) is 0 Å². The zero-order chi connectivity index (χ0) is 17.3. The van der Waals surface area contributed by atoms with E-state index in [2.05, 4.69) is 21.2 Å². The molecule has 2 amide bonds. The molecule has 0 bridgehead atoms. The lowest BCUT2D eigenvalue weighted by Crippen LogP contribution is -2.28. The standard InChI is InChI=1S/C19H19BrN2O2/c1-12-5-3-4-6-17(12)21-19(24)14-10-18(23)22(11-14)15-7-8-16(20)13(2)9-15/h3-9,14H,10-11H2,1-2H3,(H,21,24). The Balaban J connectivity index is 1.73. The van der Waals surface area contributed by atoms with Crippen LogP contribution in [0.4, 0.5) is 11.4 Å². The molecule has 1 atom stereocenters. The largest absolute Gasteiger partial charge is 0.326 e. The molecular weight excluding hydrogens is 368 g/mol. The summed E-state index contributed by atoms with van der Waals surface area (Å²) in [6.07, 6.45) is 0.243. The van der Waals surface area contributed by atoms with Crippen LogP contribution in [-0.2, 0) is 9.59 Å². The van der Waals surface area contributed by atoms with Gasteiger partial charge in [-0.25, -0.2) is 0 Å². The Morgan fingerprint density at radius 3 is 2.62 bits per heavy atom. The Kier molecular flexibility index (Phi) is 4.71. The van der Waals surface area contributed by atoms with Gasteiger partial charge in [-0.1, -0.05) is 34.1 Å². The molecule has 1 saturated heterocycles. The van der Waals surface area contributed by atoms with E-state index in [4.69, 9.17) is 0 Å². The van der Waals surface area contributed by atoms with Gasteiger partial charge >= 0.3 is 0 Å². The van der Waals surface area contributed by atoms with Crippen LogP contribution < -0.4 is 10.2 Å². The second-order valence-electron chi connectivity index (χ2n) is 6.14. The molecule has 0 radical (unpaired) electrons. The molecule has 1 aliphatic rings. The van der Waals surface area contributed by atoms with Crippen LogP contribution in [-0.4, -0.2) is 18.4 Å². The van der Waals surface area contributed by atoms with Crippen LogP contribution >= 0.6 is 15.9 Å². The number of hydrogen-bond donors (Lipinski definition) is 1. The zero-order valence-corrected chi connectivity index (χ0v) is 15.3. The summed E-state index contributed by atoms with van der Waals surface area (Å²) in [4.78, 5) is 26.5. The summed E-state index contributed by atoms with van der Waals surface area (Å²) in [7, 11) is 0. The van der Waals surface area contributed by atoms with E-state index in [9.17, 15) is 9.59 Å². The highest BCUT2D eigenvalue weighted by Crippen LogP contribution is 2.29. The summed E-state index contributed by atoms with van der Waals surface area (Å²) in [5.41, 5.74) is 3.71. The van der Waals surface area contributed by atoms with Gasteiger partial charge in [-0.05, 0) is 49.2 Å². The average molecular weight is 387 g/mol. The molecule has 5 heteroatoms. The number of benzene rings is 2. The number of hydrogen-bond acceptors (Lipinski definition) is 2. The number of nitrogens with zero attached hydrogens (tertiary/aromatic N) is 1. The summed E-state index contributed by atoms with van der Waals surface area (Å²) in [5, 5.41) is 2.94. The fourth-order valence-electron chi connectivity index (χ4n) is 2.88. The van der Waals surface area contributed by atoms with Crippen LogP contribution in [0.25, 0.3) is 0 Å². The van der Waals surface area contributed by atoms with Crippen LogP contribution in [0.15, 0.2) is 46.9 Å². The van der Waals surface area contributed by atoms with E-state index in [0.29, 0.717) is 6.54 Å². The normalized spacial score (nSPS) is 17.2. The van der Waals surface area contributed by atoms with E-state index in [1.54, 1.807) is 4.90 Å². The van der Waals surface area contributed by atoms with E-state index in [1.807, 2.05) is 56.3 Å². The molecule has 0 saturated carbocycles. The first-order valence-corrected chi connectivity index (χ1v) is 8.68. The minimum atomic E-state index is -0.332. The van der Waals surface area contributed by atoms with Crippen molar-refractivity contribution in [2.75, 3.05) is 16.8 Å². The van der Waals surface area contributed by atoms with Crippen molar-refractivity contribution >= 4 is 39.1 Å². The quantitative estimate of drug-likeness (QED) is 0.864. The second kappa shape index (κ2) is 6.77. The molecule has 124 valence electrons. The molecule has 24 heavy (non-hydrogen) atoms. The van der Waals surface area contributed by atoms with Gasteiger partial charge in [0.25, 0.3) is 0 Å². The third-order valence-corrected chi connectivity index (χ3v) is 5.24. The van der Waals surface area contributed by atoms with Crippen molar-refractivity contribution in [3.8, 4) is 0 Å². The molecular formula is C19H19BrN2O2. The van der Waals surface area contributed by atoms with Gasteiger partial charge in [0, 0.05) is 28.8 Å². The van der Waals surface area contributed by atoms with Crippen molar-refractivity contribution in [2.45, 2.75) is 20.3 Å². The number of aryl methyl sites for hydroxylation is 2. The van der Waals surface area contributed by atoms with Gasteiger partial charge in [0.05, 0.1) is 5.92 Å². The first-order chi connectivity index (χ1) is 11.5. The van der Waals surface area contributed by atoms with Crippen LogP contribution in [0.2, 0.25) is 0 Å². The molecule has 1 heterocycles. The Bertz CT molecular complexity index is 804. The lowest BCUT2D eigenvalue weighted by molar-refractivity contribution is -0.122. The SMILES string of the molecule is Cc1cc(N2CC(C(=O)Nc3ccccc3C)CC2=O)ccc1Br. The van der Waals surface area contributed by atoms with Crippen molar-refractivity contribution < 1.29 is 9.59 Å². The zero-order valence-electron chi connectivity index (χ0n) is 13.7. The van der Waals surface area contributed by atoms with Gasteiger partial charge < -0.3 is 10.2 Å². The lowest BCUT2D eigenvalue weighted by Gasteiger charge is -2.18. The van der Waals surface area contributed by atoms with Crippen LogP contribution in [0.3, 0.4) is 0 Å². The highest BCUT2D eigenvalue weighted by Gasteiger charge is 2.35. The van der Waals surface area contributed by atoms with Crippen molar-refractivity contribution in [1.82, 2.24) is 0 Å². The number of para-hydroxylation sites is 1. The predicted molar refractivity (Wildman–Crippen MR) is 99.1 cm³/mol. The maximum absolute atomic E-state index is 12.5. The van der Waals surface area contributed by atoms with Crippen LogP contribution in [0, 0.1) is 19.8 Å². The fourth-order valence-corrected chi connectivity index (χ4v) is 3.12. The topological polar surface area (TPSA) is 49.4 Å². The van der Waals surface area contributed by atoms with Crippen molar-refractivity contribution in [2.24, 2.45) is 5.92 Å². The highest BCUT2D eigenvalue weighted by atomic mass is 79.9. The third-order valence-electron chi connectivity index (χ3n) is 4.35. The van der Waals surface area contributed by atoms with Crippen molar-refractivity contribution in [3.05, 3.63) is 58.1 Å². The van der Waals surface area contributed by atoms with E-state index in [1.165, 1.54) is 0 Å². The minimum Gasteiger partial charge on any atom is -0.326 e. The Hall–Kier alpha value is -2.14. The molecule has 0 aromatic heterocycles. The summed E-state index contributed by atoms with van der Waals surface area (Å²) < 4.78 is 1.01. The molecule has 1 N–H and O–H groups in total. The average Bonchev–Trinajstić information content (AvgIpc) is 2.94. The number of carbonyl (C=O) groups excluding carboxylic acids is 2. The maximum atomic E-state index is 12.5. The summed E-state index contributed by atoms with van der Waals surface area (Å²) in [6, 6.07) is 13.4. The minimum absolute atomic E-state index is 0.0124. The van der Waals surface area contributed by atoms with Crippen LogP contribution in [0.5, 0.6) is 0 Å². The Morgan fingerprint density at radius 2 is 1.92 bits per heavy atom. The summed E-state index contributed by atoms with van der Waals surface area (Å²) >= 11 is 3.46. The second-order valence-corrected chi connectivity index (χ2v) is 7.00. The number of carbonyl (C=O) groups is 2. The molecule has 1 aliphatic heterocycles. The molecule has 4 nitrogen and oxygen atoms in total. The maximum Gasteiger partial charge on any atom is 0.229 e. The number of nitrogens with one attached hydrogen (secondary N) is 1. The Labute approximate surface area is 150 Å². The van der Waals surface area contributed by atoms with Crippen molar-refractivity contribution in [3.63, 3.8) is 0 Å². The van der Waals surface area contributed by atoms with E-state index in [0.717, 1.165) is 27.0 Å². The monoisotopic (exact) mass is 386 g/mol. The van der Waals surface area contributed by atoms with Gasteiger partial charge in [0.15, 0.2) is 0 Å². The van der Waals surface area contributed by atoms with Gasteiger partial charge in [-0.2, -0.15) is 0 Å². The molecule has 0 spiro atoms. The molecule has 2 aromatic carbocycles. The van der Waals surface area contributed by atoms with E-state index < -0.39 is 0 Å². The summed E-state index contributed by atoms with van der Waals surface area (Å²) in [6.45, 7) is 4.35.